The lowest BCUT2D eigenvalue weighted by Crippen LogP contribution is -2.25. The van der Waals surface area contributed by atoms with Gasteiger partial charge < -0.3 is 0 Å². The van der Waals surface area contributed by atoms with Gasteiger partial charge in [0.25, 0.3) is 5.56 Å². The van der Waals surface area contributed by atoms with Gasteiger partial charge in [0.1, 0.15) is 21.3 Å². The topological polar surface area (TPSA) is 60.7 Å². The highest BCUT2D eigenvalue weighted by molar-refractivity contribution is 9.10. The van der Waals surface area contributed by atoms with Crippen LogP contribution in [-0.2, 0) is 6.54 Å². The van der Waals surface area contributed by atoms with Crippen LogP contribution in [0.25, 0.3) is 0 Å². The Hall–Kier alpha value is -1.27. The summed E-state index contributed by atoms with van der Waals surface area (Å²) in [6.07, 6.45) is 1.48. The van der Waals surface area contributed by atoms with Crippen LogP contribution in [0.2, 0.25) is 5.15 Å². The Morgan fingerprint density at radius 1 is 1.39 bits per heavy atom. The molecule has 0 spiro atoms. The van der Waals surface area contributed by atoms with Gasteiger partial charge in [0.2, 0.25) is 0 Å². The SMILES string of the molecule is Cc1cc(Cl)nc(Cn2c(C)ncc(Br)c2=O)n1. The average Bonchev–Trinajstić information content (AvgIpc) is 2.28. The van der Waals surface area contributed by atoms with E-state index in [-0.39, 0.29) is 12.1 Å². The molecule has 2 aromatic heterocycles. The van der Waals surface area contributed by atoms with Crippen LogP contribution in [0.4, 0.5) is 0 Å². The van der Waals surface area contributed by atoms with Gasteiger partial charge in [-0.1, -0.05) is 11.6 Å². The summed E-state index contributed by atoms with van der Waals surface area (Å²) in [6.45, 7) is 3.83. The number of aryl methyl sites for hydroxylation is 2. The van der Waals surface area contributed by atoms with Gasteiger partial charge in [-0.15, -0.1) is 0 Å². The average molecular weight is 330 g/mol. The summed E-state index contributed by atoms with van der Waals surface area (Å²) in [4.78, 5) is 24.4. The van der Waals surface area contributed by atoms with Crippen LogP contribution in [0.5, 0.6) is 0 Å². The Bertz CT molecular complexity index is 636. The van der Waals surface area contributed by atoms with Gasteiger partial charge in [0.15, 0.2) is 0 Å². The fourth-order valence-corrected chi connectivity index (χ4v) is 2.11. The van der Waals surface area contributed by atoms with Crippen molar-refractivity contribution in [1.82, 2.24) is 19.5 Å². The molecule has 0 atom stereocenters. The first kappa shape index (κ1) is 13.2. The molecule has 2 heterocycles. The first-order chi connectivity index (χ1) is 8.47. The lowest BCUT2D eigenvalue weighted by molar-refractivity contribution is 0.662. The molecule has 18 heavy (non-hydrogen) atoms. The third-order valence-corrected chi connectivity index (χ3v) is 3.11. The van der Waals surface area contributed by atoms with Crippen molar-refractivity contribution >= 4 is 27.5 Å². The summed E-state index contributed by atoms with van der Waals surface area (Å²) in [5.74, 6) is 1.09. The Balaban J connectivity index is 2.46. The van der Waals surface area contributed by atoms with Crippen molar-refractivity contribution in [1.29, 1.82) is 0 Å². The van der Waals surface area contributed by atoms with Gasteiger partial charge in [-0.05, 0) is 35.8 Å². The standard InChI is InChI=1S/C11H10BrClN4O/c1-6-3-9(13)16-10(15-6)5-17-7(2)14-4-8(12)11(17)18/h3-4H,5H2,1-2H3. The van der Waals surface area contributed by atoms with E-state index in [2.05, 4.69) is 30.9 Å². The highest BCUT2D eigenvalue weighted by Gasteiger charge is 2.08. The maximum absolute atomic E-state index is 12.0. The lowest BCUT2D eigenvalue weighted by atomic mass is 10.4. The number of rotatable bonds is 2. The van der Waals surface area contributed by atoms with Crippen molar-refractivity contribution in [2.75, 3.05) is 0 Å². The van der Waals surface area contributed by atoms with Crippen molar-refractivity contribution in [3.63, 3.8) is 0 Å². The summed E-state index contributed by atoms with van der Waals surface area (Å²) in [5, 5.41) is 0.367. The van der Waals surface area contributed by atoms with Crippen molar-refractivity contribution in [3.8, 4) is 0 Å². The second-order valence-electron chi connectivity index (χ2n) is 3.79. The number of nitrogens with zero attached hydrogens (tertiary/aromatic N) is 4. The first-order valence-corrected chi connectivity index (χ1v) is 6.36. The smallest absolute Gasteiger partial charge is 0.268 e. The van der Waals surface area contributed by atoms with Crippen LogP contribution in [0.1, 0.15) is 17.3 Å². The molecule has 0 N–H and O–H groups in total. The molecular formula is C11H10BrClN4O. The zero-order valence-corrected chi connectivity index (χ0v) is 12.2. The molecule has 94 valence electrons. The van der Waals surface area contributed by atoms with Gasteiger partial charge in [-0.25, -0.2) is 15.0 Å². The number of halogens is 2. The molecular weight excluding hydrogens is 320 g/mol. The summed E-state index contributed by atoms with van der Waals surface area (Å²) >= 11 is 9.02. The molecule has 0 fully saturated rings. The molecule has 0 saturated heterocycles. The van der Waals surface area contributed by atoms with E-state index in [1.54, 1.807) is 13.0 Å². The van der Waals surface area contributed by atoms with E-state index < -0.39 is 0 Å². The lowest BCUT2D eigenvalue weighted by Gasteiger charge is -2.08. The van der Waals surface area contributed by atoms with Crippen LogP contribution >= 0.6 is 27.5 Å². The Kier molecular flexibility index (Phi) is 3.77. The largest absolute Gasteiger partial charge is 0.288 e. The minimum absolute atomic E-state index is 0.163. The van der Waals surface area contributed by atoms with Gasteiger partial charge >= 0.3 is 0 Å². The quantitative estimate of drug-likeness (QED) is 0.792. The highest BCUT2D eigenvalue weighted by Crippen LogP contribution is 2.08. The minimum Gasteiger partial charge on any atom is -0.288 e. The molecule has 0 aliphatic rings. The molecule has 0 saturated carbocycles. The zero-order valence-electron chi connectivity index (χ0n) is 9.81. The molecule has 2 rings (SSSR count). The fraction of sp³-hybridized carbons (Fsp3) is 0.273. The molecule has 0 amide bonds. The van der Waals surface area contributed by atoms with Crippen LogP contribution in [-0.4, -0.2) is 19.5 Å². The second kappa shape index (κ2) is 5.16. The van der Waals surface area contributed by atoms with E-state index in [0.717, 1.165) is 5.69 Å². The number of hydrogen-bond acceptors (Lipinski definition) is 4. The van der Waals surface area contributed by atoms with E-state index >= 15 is 0 Å². The van der Waals surface area contributed by atoms with Gasteiger partial charge in [0, 0.05) is 11.9 Å². The summed E-state index contributed by atoms with van der Waals surface area (Å²) in [5.41, 5.74) is 0.599. The predicted octanol–water partition coefficient (Wildman–Crippen LogP) is 2.11. The summed E-state index contributed by atoms with van der Waals surface area (Å²) in [6, 6.07) is 1.67. The van der Waals surface area contributed by atoms with Gasteiger partial charge in [0.05, 0.1) is 6.54 Å². The monoisotopic (exact) mass is 328 g/mol. The van der Waals surface area contributed by atoms with Crippen LogP contribution < -0.4 is 5.56 Å². The molecule has 0 aliphatic heterocycles. The molecule has 0 bridgehead atoms. The van der Waals surface area contributed by atoms with Crippen LogP contribution in [0.3, 0.4) is 0 Å². The summed E-state index contributed by atoms with van der Waals surface area (Å²) in [7, 11) is 0. The molecule has 0 aliphatic carbocycles. The van der Waals surface area contributed by atoms with Crippen molar-refractivity contribution in [2.24, 2.45) is 0 Å². The number of aromatic nitrogens is 4. The predicted molar refractivity (Wildman–Crippen MR) is 71.8 cm³/mol. The summed E-state index contributed by atoms with van der Waals surface area (Å²) < 4.78 is 1.90. The molecule has 0 radical (unpaired) electrons. The Morgan fingerprint density at radius 2 is 2.11 bits per heavy atom. The third kappa shape index (κ3) is 2.76. The zero-order chi connectivity index (χ0) is 13.3. The van der Waals surface area contributed by atoms with E-state index in [9.17, 15) is 4.79 Å². The minimum atomic E-state index is -0.163. The van der Waals surface area contributed by atoms with E-state index in [4.69, 9.17) is 11.6 Å². The maximum Gasteiger partial charge on any atom is 0.268 e. The number of hydrogen-bond donors (Lipinski definition) is 0. The molecule has 7 heteroatoms. The second-order valence-corrected chi connectivity index (χ2v) is 5.03. The molecule has 0 unspecified atom stereocenters. The Morgan fingerprint density at radius 3 is 2.78 bits per heavy atom. The van der Waals surface area contributed by atoms with Crippen LogP contribution in [0, 0.1) is 13.8 Å². The van der Waals surface area contributed by atoms with Crippen molar-refractivity contribution in [3.05, 3.63) is 49.6 Å². The normalized spacial score (nSPS) is 10.7. The molecule has 0 aromatic carbocycles. The van der Waals surface area contributed by atoms with E-state index in [1.807, 2.05) is 6.92 Å². The van der Waals surface area contributed by atoms with E-state index in [0.29, 0.717) is 21.3 Å². The van der Waals surface area contributed by atoms with Crippen LogP contribution in [0.15, 0.2) is 21.5 Å². The van der Waals surface area contributed by atoms with Crippen molar-refractivity contribution < 1.29 is 0 Å². The molecule has 5 nitrogen and oxygen atoms in total. The van der Waals surface area contributed by atoms with E-state index in [1.165, 1.54) is 10.8 Å². The first-order valence-electron chi connectivity index (χ1n) is 5.19. The van der Waals surface area contributed by atoms with Gasteiger partial charge in [-0.3, -0.25) is 9.36 Å². The molecule has 2 aromatic rings. The fourth-order valence-electron chi connectivity index (χ4n) is 1.54. The maximum atomic E-state index is 12.0. The highest BCUT2D eigenvalue weighted by atomic mass is 79.9. The van der Waals surface area contributed by atoms with Gasteiger partial charge in [-0.2, -0.15) is 0 Å². The van der Waals surface area contributed by atoms with Crippen molar-refractivity contribution in [2.45, 2.75) is 20.4 Å². The Labute approximate surface area is 117 Å². The third-order valence-electron chi connectivity index (χ3n) is 2.37.